The second-order valence-electron chi connectivity index (χ2n) is 3.91. The van der Waals surface area contributed by atoms with Crippen LogP contribution in [0.4, 0.5) is 0 Å². The van der Waals surface area contributed by atoms with E-state index in [1.54, 1.807) is 11.9 Å². The predicted octanol–water partition coefficient (Wildman–Crippen LogP) is -0.513. The molecule has 0 aromatic rings. The summed E-state index contributed by atoms with van der Waals surface area (Å²) in [5.74, 6) is 0.0320. The van der Waals surface area contributed by atoms with Crippen molar-refractivity contribution in [1.82, 2.24) is 10.2 Å². The van der Waals surface area contributed by atoms with E-state index in [0.717, 1.165) is 0 Å². The summed E-state index contributed by atoms with van der Waals surface area (Å²) in [7, 11) is -1.22. The van der Waals surface area contributed by atoms with Crippen molar-refractivity contribution in [3.8, 4) is 0 Å². The van der Waals surface area contributed by atoms with Crippen molar-refractivity contribution in [2.75, 3.05) is 32.1 Å². The maximum absolute atomic E-state index is 11.4. The molecule has 0 aliphatic carbocycles. The summed E-state index contributed by atoms with van der Waals surface area (Å²) in [6, 6.07) is 0.161. The normalized spacial score (nSPS) is 11.8. The zero-order valence-corrected chi connectivity index (χ0v) is 10.6. The number of carbonyl (C=O) groups excluding carboxylic acids is 1. The quantitative estimate of drug-likeness (QED) is 0.631. The minimum absolute atomic E-state index is 0.0292. The summed E-state index contributed by atoms with van der Waals surface area (Å²) >= 11 is 0. The van der Waals surface area contributed by atoms with Gasteiger partial charge in [0.15, 0.2) is 0 Å². The molecule has 0 heterocycles. The lowest BCUT2D eigenvalue weighted by atomic mass is 10.3. The molecule has 15 heavy (non-hydrogen) atoms. The first-order valence-corrected chi connectivity index (χ1v) is 6.94. The van der Waals surface area contributed by atoms with Gasteiger partial charge in [0.25, 0.3) is 0 Å². The van der Waals surface area contributed by atoms with Crippen molar-refractivity contribution in [3.63, 3.8) is 0 Å². The van der Waals surface area contributed by atoms with E-state index < -0.39 is 9.84 Å². The van der Waals surface area contributed by atoms with Gasteiger partial charge in [0.1, 0.15) is 9.84 Å². The minimum atomic E-state index is -2.95. The summed E-state index contributed by atoms with van der Waals surface area (Å²) < 4.78 is 21.6. The molecule has 0 spiro atoms. The van der Waals surface area contributed by atoms with Crippen molar-refractivity contribution < 1.29 is 13.2 Å². The van der Waals surface area contributed by atoms with Crippen LogP contribution >= 0.6 is 0 Å². The van der Waals surface area contributed by atoms with E-state index in [2.05, 4.69) is 5.32 Å². The van der Waals surface area contributed by atoms with Gasteiger partial charge in [-0.1, -0.05) is 0 Å². The van der Waals surface area contributed by atoms with E-state index in [9.17, 15) is 13.2 Å². The van der Waals surface area contributed by atoms with Crippen LogP contribution in [0.5, 0.6) is 0 Å². The number of rotatable bonds is 6. The smallest absolute Gasteiger partial charge is 0.236 e. The molecule has 0 bridgehead atoms. The molecule has 6 heteroatoms. The third kappa shape index (κ3) is 7.33. The van der Waals surface area contributed by atoms with Gasteiger partial charge in [0, 0.05) is 25.9 Å². The molecule has 0 atom stereocenters. The Balaban J connectivity index is 3.74. The average Bonchev–Trinajstić information content (AvgIpc) is 2.09. The second kappa shape index (κ2) is 6.07. The summed E-state index contributed by atoms with van der Waals surface area (Å²) in [5, 5.41) is 2.81. The fourth-order valence-corrected chi connectivity index (χ4v) is 1.38. The lowest BCUT2D eigenvalue weighted by molar-refractivity contribution is -0.130. The predicted molar refractivity (Wildman–Crippen MR) is 60.5 cm³/mol. The van der Waals surface area contributed by atoms with Gasteiger partial charge in [-0.25, -0.2) is 8.42 Å². The number of carbonyl (C=O) groups is 1. The number of hydrogen-bond acceptors (Lipinski definition) is 4. The third-order valence-corrected chi connectivity index (χ3v) is 3.04. The van der Waals surface area contributed by atoms with Gasteiger partial charge in [0.05, 0.1) is 12.3 Å². The van der Waals surface area contributed by atoms with E-state index in [0.29, 0.717) is 6.54 Å². The van der Waals surface area contributed by atoms with Crippen molar-refractivity contribution in [1.29, 1.82) is 0 Å². The van der Waals surface area contributed by atoms with Crippen LogP contribution in [0.3, 0.4) is 0 Å². The van der Waals surface area contributed by atoms with Gasteiger partial charge in [-0.2, -0.15) is 0 Å². The number of likely N-dealkylation sites (N-methyl/N-ethyl adjacent to an activating group) is 1. The fraction of sp³-hybridized carbons (Fsp3) is 0.889. The minimum Gasteiger partial charge on any atom is -0.342 e. The zero-order chi connectivity index (χ0) is 12.1. The van der Waals surface area contributed by atoms with Gasteiger partial charge < -0.3 is 10.2 Å². The second-order valence-corrected chi connectivity index (χ2v) is 6.16. The monoisotopic (exact) mass is 236 g/mol. The molecule has 0 aromatic heterocycles. The molecule has 0 aliphatic rings. The van der Waals surface area contributed by atoms with Crippen LogP contribution in [0.2, 0.25) is 0 Å². The van der Waals surface area contributed by atoms with Crippen LogP contribution in [-0.4, -0.2) is 57.4 Å². The van der Waals surface area contributed by atoms with E-state index in [-0.39, 0.29) is 24.2 Å². The number of nitrogens with zero attached hydrogens (tertiary/aromatic N) is 1. The SMILES string of the molecule is CC(C)N(C)C(=O)CNCCS(C)(=O)=O. The molecule has 0 unspecified atom stereocenters. The molecule has 5 nitrogen and oxygen atoms in total. The Kier molecular flexibility index (Phi) is 5.82. The van der Waals surface area contributed by atoms with Gasteiger partial charge in [0.2, 0.25) is 5.91 Å². The van der Waals surface area contributed by atoms with Crippen LogP contribution in [0, 0.1) is 0 Å². The summed E-state index contributed by atoms with van der Waals surface area (Å²) in [6.07, 6.45) is 1.18. The van der Waals surface area contributed by atoms with Crippen molar-refractivity contribution >= 4 is 15.7 Å². The Bertz CT molecular complexity index is 298. The van der Waals surface area contributed by atoms with Crippen LogP contribution in [-0.2, 0) is 14.6 Å². The zero-order valence-electron chi connectivity index (χ0n) is 9.78. The Morgan fingerprint density at radius 3 is 2.33 bits per heavy atom. The van der Waals surface area contributed by atoms with Crippen molar-refractivity contribution in [3.05, 3.63) is 0 Å². The Labute approximate surface area is 91.8 Å². The highest BCUT2D eigenvalue weighted by molar-refractivity contribution is 7.90. The molecule has 0 saturated heterocycles. The van der Waals surface area contributed by atoms with Gasteiger partial charge >= 0.3 is 0 Å². The third-order valence-electron chi connectivity index (χ3n) is 2.09. The molecule has 1 amide bonds. The van der Waals surface area contributed by atoms with Gasteiger partial charge in [-0.05, 0) is 13.8 Å². The molecule has 0 fully saturated rings. The maximum Gasteiger partial charge on any atom is 0.236 e. The van der Waals surface area contributed by atoms with Crippen LogP contribution in [0.15, 0.2) is 0 Å². The highest BCUT2D eigenvalue weighted by Gasteiger charge is 2.11. The molecule has 0 rings (SSSR count). The van der Waals surface area contributed by atoms with E-state index >= 15 is 0 Å². The molecule has 1 N–H and O–H groups in total. The first-order valence-electron chi connectivity index (χ1n) is 4.88. The lowest BCUT2D eigenvalue weighted by Crippen LogP contribution is -2.40. The highest BCUT2D eigenvalue weighted by Crippen LogP contribution is 1.92. The molecular weight excluding hydrogens is 216 g/mol. The number of amides is 1. The Morgan fingerprint density at radius 2 is 1.93 bits per heavy atom. The number of sulfone groups is 1. The summed E-state index contributed by atoms with van der Waals surface area (Å²) in [5.41, 5.74) is 0. The lowest BCUT2D eigenvalue weighted by Gasteiger charge is -2.21. The molecular formula is C9H20N2O3S. The highest BCUT2D eigenvalue weighted by atomic mass is 32.2. The van der Waals surface area contributed by atoms with Crippen LogP contribution < -0.4 is 5.32 Å². The Morgan fingerprint density at radius 1 is 1.40 bits per heavy atom. The van der Waals surface area contributed by atoms with Crippen LogP contribution in [0.25, 0.3) is 0 Å². The van der Waals surface area contributed by atoms with E-state index in [1.165, 1.54) is 6.26 Å². The maximum atomic E-state index is 11.4. The number of nitrogens with one attached hydrogen (secondary N) is 1. The summed E-state index contributed by atoms with van der Waals surface area (Å²) in [4.78, 5) is 13.0. The van der Waals surface area contributed by atoms with Crippen molar-refractivity contribution in [2.24, 2.45) is 0 Å². The first kappa shape index (κ1) is 14.4. The van der Waals surface area contributed by atoms with Crippen molar-refractivity contribution in [2.45, 2.75) is 19.9 Å². The number of hydrogen-bond donors (Lipinski definition) is 1. The van der Waals surface area contributed by atoms with E-state index in [1.807, 2.05) is 13.8 Å². The Hall–Kier alpha value is -0.620. The largest absolute Gasteiger partial charge is 0.342 e. The molecule has 0 aromatic carbocycles. The standard InChI is InChI=1S/C9H20N2O3S/c1-8(2)11(3)9(12)7-10-5-6-15(4,13)14/h8,10H,5-7H2,1-4H3. The van der Waals surface area contributed by atoms with E-state index in [4.69, 9.17) is 0 Å². The fourth-order valence-electron chi connectivity index (χ4n) is 0.866. The average molecular weight is 236 g/mol. The summed E-state index contributed by atoms with van der Waals surface area (Å²) in [6.45, 7) is 4.35. The molecule has 90 valence electrons. The van der Waals surface area contributed by atoms with Crippen LogP contribution in [0.1, 0.15) is 13.8 Å². The first-order chi connectivity index (χ1) is 6.74. The van der Waals surface area contributed by atoms with Gasteiger partial charge in [-0.3, -0.25) is 4.79 Å². The molecule has 0 radical (unpaired) electrons. The van der Waals surface area contributed by atoms with Gasteiger partial charge in [-0.15, -0.1) is 0 Å². The molecule has 0 saturated carbocycles. The topological polar surface area (TPSA) is 66.5 Å². The molecule has 0 aliphatic heterocycles.